The van der Waals surface area contributed by atoms with Crippen LogP contribution < -0.4 is 0 Å². The molecule has 1 fully saturated rings. The first-order valence-corrected chi connectivity index (χ1v) is 10.1. The number of carbonyl (C=O) groups excluding carboxylic acids is 1. The molecule has 0 aliphatic carbocycles. The van der Waals surface area contributed by atoms with E-state index in [1.54, 1.807) is 12.1 Å². The van der Waals surface area contributed by atoms with Crippen LogP contribution in [0.3, 0.4) is 0 Å². The summed E-state index contributed by atoms with van der Waals surface area (Å²) in [6.45, 7) is 2.31. The number of Topliss-reactive ketones (excluding diaryl/α,β-unsaturated/α-hetero) is 1. The molecule has 142 valence electrons. The lowest BCUT2D eigenvalue weighted by Crippen LogP contribution is -2.42. The van der Waals surface area contributed by atoms with E-state index in [9.17, 15) is 23.3 Å². The highest BCUT2D eigenvalue weighted by atomic mass is 32.2. The van der Waals surface area contributed by atoms with Crippen molar-refractivity contribution in [2.24, 2.45) is 5.92 Å². The topological polar surface area (TPSA) is 97.6 Å². The van der Waals surface area contributed by atoms with Crippen molar-refractivity contribution in [2.45, 2.75) is 24.7 Å². The zero-order chi connectivity index (χ0) is 19.6. The smallest absolute Gasteiger partial charge is 0.270 e. The van der Waals surface area contributed by atoms with Crippen LogP contribution in [0, 0.1) is 23.0 Å². The summed E-state index contributed by atoms with van der Waals surface area (Å²) in [5.74, 6) is -0.496. The van der Waals surface area contributed by atoms with E-state index in [-0.39, 0.29) is 22.9 Å². The second-order valence-corrected chi connectivity index (χ2v) is 8.62. The van der Waals surface area contributed by atoms with E-state index in [0.717, 1.165) is 11.6 Å². The first-order chi connectivity index (χ1) is 12.8. The number of non-ortho nitro benzene ring substituents is 1. The van der Waals surface area contributed by atoms with Crippen LogP contribution >= 0.6 is 0 Å². The molecule has 0 amide bonds. The molecule has 1 atom stereocenters. The Morgan fingerprint density at radius 1 is 1.19 bits per heavy atom. The summed E-state index contributed by atoms with van der Waals surface area (Å²) in [6, 6.07) is 12.2. The quantitative estimate of drug-likeness (QED) is 0.445. The van der Waals surface area contributed by atoms with Crippen LogP contribution in [0.1, 0.15) is 28.8 Å². The normalized spacial score (nSPS) is 18.2. The van der Waals surface area contributed by atoms with Crippen molar-refractivity contribution >= 4 is 21.5 Å². The Labute approximate surface area is 157 Å². The predicted molar refractivity (Wildman–Crippen MR) is 100 cm³/mol. The van der Waals surface area contributed by atoms with Crippen LogP contribution in [0.15, 0.2) is 53.4 Å². The first kappa shape index (κ1) is 19.2. The van der Waals surface area contributed by atoms with E-state index >= 15 is 0 Å². The van der Waals surface area contributed by atoms with E-state index < -0.39 is 20.9 Å². The highest BCUT2D eigenvalue weighted by molar-refractivity contribution is 7.89. The Hall–Kier alpha value is -2.58. The van der Waals surface area contributed by atoms with Gasteiger partial charge in [-0.2, -0.15) is 4.31 Å². The van der Waals surface area contributed by atoms with Gasteiger partial charge in [0.25, 0.3) is 5.69 Å². The van der Waals surface area contributed by atoms with Gasteiger partial charge in [-0.25, -0.2) is 8.42 Å². The summed E-state index contributed by atoms with van der Waals surface area (Å²) in [7, 11) is -3.90. The number of ketones is 1. The summed E-state index contributed by atoms with van der Waals surface area (Å²) in [4.78, 5) is 22.9. The van der Waals surface area contributed by atoms with Crippen LogP contribution in [-0.2, 0) is 10.0 Å². The molecule has 2 aromatic rings. The molecule has 1 aliphatic rings. The molecular formula is C19H20N2O5S. The zero-order valence-electron chi connectivity index (χ0n) is 14.9. The van der Waals surface area contributed by atoms with Crippen molar-refractivity contribution in [3.63, 3.8) is 0 Å². The summed E-state index contributed by atoms with van der Waals surface area (Å²) >= 11 is 0. The van der Waals surface area contributed by atoms with Gasteiger partial charge in [-0.05, 0) is 25.8 Å². The van der Waals surface area contributed by atoms with Crippen LogP contribution in [0.25, 0.3) is 0 Å². The number of hydrogen-bond acceptors (Lipinski definition) is 5. The Kier molecular flexibility index (Phi) is 5.38. The van der Waals surface area contributed by atoms with Gasteiger partial charge in [-0.3, -0.25) is 14.9 Å². The largest absolute Gasteiger partial charge is 0.294 e. The van der Waals surface area contributed by atoms with Crippen LogP contribution in [-0.4, -0.2) is 36.5 Å². The van der Waals surface area contributed by atoms with Crippen LogP contribution in [0.5, 0.6) is 0 Å². The average Bonchev–Trinajstić information content (AvgIpc) is 2.68. The van der Waals surface area contributed by atoms with Crippen molar-refractivity contribution < 1.29 is 18.1 Å². The van der Waals surface area contributed by atoms with E-state index in [2.05, 4.69) is 0 Å². The van der Waals surface area contributed by atoms with Crippen LogP contribution in [0.4, 0.5) is 5.69 Å². The second-order valence-electron chi connectivity index (χ2n) is 6.69. The Morgan fingerprint density at radius 2 is 1.89 bits per heavy atom. The standard InChI is InChI=1S/C19H20N2O5S/c1-14-7-9-15(10-8-14)19(22)16-4-3-11-20(13-16)27(25,26)18-6-2-5-17(12-18)21(23)24/h2,5-10,12,16H,3-4,11,13H2,1H3. The van der Waals surface area contributed by atoms with Gasteiger partial charge in [-0.15, -0.1) is 0 Å². The van der Waals surface area contributed by atoms with Gasteiger partial charge >= 0.3 is 0 Å². The molecule has 1 aliphatic heterocycles. The monoisotopic (exact) mass is 388 g/mol. The molecule has 0 N–H and O–H groups in total. The molecule has 0 saturated carbocycles. The number of nitrogens with zero attached hydrogens (tertiary/aromatic N) is 2. The fourth-order valence-electron chi connectivity index (χ4n) is 3.23. The van der Waals surface area contributed by atoms with Crippen molar-refractivity contribution in [1.29, 1.82) is 0 Å². The number of carbonyl (C=O) groups is 1. The summed E-state index contributed by atoms with van der Waals surface area (Å²) < 4.78 is 27.1. The van der Waals surface area contributed by atoms with E-state index in [1.165, 1.54) is 22.5 Å². The minimum absolute atomic E-state index is 0.0751. The highest BCUT2D eigenvalue weighted by Gasteiger charge is 2.34. The molecule has 3 rings (SSSR count). The van der Waals surface area contributed by atoms with Gasteiger partial charge in [0.15, 0.2) is 5.78 Å². The number of nitro benzene ring substituents is 1. The van der Waals surface area contributed by atoms with Crippen molar-refractivity contribution in [2.75, 3.05) is 13.1 Å². The summed E-state index contributed by atoms with van der Waals surface area (Å²) in [6.07, 6.45) is 1.18. The zero-order valence-corrected chi connectivity index (χ0v) is 15.7. The van der Waals surface area contributed by atoms with Crippen LogP contribution in [0.2, 0.25) is 0 Å². The van der Waals surface area contributed by atoms with Gasteiger partial charge < -0.3 is 0 Å². The molecule has 27 heavy (non-hydrogen) atoms. The third-order valence-electron chi connectivity index (χ3n) is 4.76. The highest BCUT2D eigenvalue weighted by Crippen LogP contribution is 2.27. The lowest BCUT2D eigenvalue weighted by Gasteiger charge is -2.31. The van der Waals surface area contributed by atoms with E-state index in [1.807, 2.05) is 19.1 Å². The minimum atomic E-state index is -3.90. The van der Waals surface area contributed by atoms with Crippen molar-refractivity contribution in [3.05, 3.63) is 69.8 Å². The van der Waals surface area contributed by atoms with Gasteiger partial charge in [0.2, 0.25) is 10.0 Å². The molecule has 8 heteroatoms. The maximum atomic E-state index is 12.9. The summed E-state index contributed by atoms with van der Waals surface area (Å²) in [5.41, 5.74) is 1.34. The minimum Gasteiger partial charge on any atom is -0.294 e. The molecule has 1 unspecified atom stereocenters. The second kappa shape index (κ2) is 7.58. The first-order valence-electron chi connectivity index (χ1n) is 8.64. The predicted octanol–water partition coefficient (Wildman–Crippen LogP) is 3.19. The molecule has 0 bridgehead atoms. The number of rotatable bonds is 5. The fraction of sp³-hybridized carbons (Fsp3) is 0.316. The van der Waals surface area contributed by atoms with E-state index in [4.69, 9.17) is 0 Å². The maximum Gasteiger partial charge on any atom is 0.270 e. The number of benzene rings is 2. The molecule has 7 nitrogen and oxygen atoms in total. The number of piperidine rings is 1. The molecule has 2 aromatic carbocycles. The SMILES string of the molecule is Cc1ccc(C(=O)C2CCCN(S(=O)(=O)c3cccc([N+](=O)[O-])c3)C2)cc1. The van der Waals surface area contributed by atoms with Gasteiger partial charge in [0.05, 0.1) is 9.82 Å². The van der Waals surface area contributed by atoms with Gasteiger partial charge in [-0.1, -0.05) is 35.9 Å². The molecule has 1 heterocycles. The van der Waals surface area contributed by atoms with E-state index in [0.29, 0.717) is 24.9 Å². The molecular weight excluding hydrogens is 368 g/mol. The average molecular weight is 388 g/mol. The fourth-order valence-corrected chi connectivity index (χ4v) is 4.80. The molecule has 0 radical (unpaired) electrons. The Bertz CT molecular complexity index is 970. The molecule has 1 saturated heterocycles. The lowest BCUT2D eigenvalue weighted by atomic mass is 9.91. The number of nitro groups is 1. The number of hydrogen-bond donors (Lipinski definition) is 0. The number of sulfonamides is 1. The van der Waals surface area contributed by atoms with Gasteiger partial charge in [0, 0.05) is 36.7 Å². The number of aryl methyl sites for hydroxylation is 1. The van der Waals surface area contributed by atoms with Gasteiger partial charge in [0.1, 0.15) is 0 Å². The third kappa shape index (κ3) is 4.06. The van der Waals surface area contributed by atoms with Crippen molar-refractivity contribution in [1.82, 2.24) is 4.31 Å². The Balaban J connectivity index is 1.82. The Morgan fingerprint density at radius 3 is 2.56 bits per heavy atom. The third-order valence-corrected chi connectivity index (χ3v) is 6.62. The van der Waals surface area contributed by atoms with Crippen molar-refractivity contribution in [3.8, 4) is 0 Å². The molecule has 0 spiro atoms. The lowest BCUT2D eigenvalue weighted by molar-refractivity contribution is -0.385. The molecule has 0 aromatic heterocycles. The maximum absolute atomic E-state index is 12.9. The summed E-state index contributed by atoms with van der Waals surface area (Å²) in [5, 5.41) is 10.9.